The molecule has 1 aromatic rings. The van der Waals surface area contributed by atoms with Crippen molar-refractivity contribution in [3.8, 4) is 5.75 Å². The minimum Gasteiger partial charge on any atom is -0.427 e. The van der Waals surface area contributed by atoms with Crippen molar-refractivity contribution in [3.63, 3.8) is 0 Å². The van der Waals surface area contributed by atoms with Gasteiger partial charge in [0.15, 0.2) is 0 Å². The normalized spacial score (nSPS) is 18.0. The average Bonchev–Trinajstić information content (AvgIpc) is 2.41. The van der Waals surface area contributed by atoms with Crippen molar-refractivity contribution in [1.29, 1.82) is 0 Å². The molecule has 0 spiro atoms. The Morgan fingerprint density at radius 1 is 1.25 bits per heavy atom. The summed E-state index contributed by atoms with van der Waals surface area (Å²) in [6.45, 7) is 3.93. The molecule has 0 bridgehead atoms. The topological polar surface area (TPSA) is 41.6 Å². The molecule has 20 heavy (non-hydrogen) atoms. The first-order chi connectivity index (χ1) is 9.58. The molecule has 6 heteroatoms. The fourth-order valence-corrected chi connectivity index (χ4v) is 2.37. The maximum absolute atomic E-state index is 13.3. The van der Waals surface area contributed by atoms with Crippen LogP contribution in [-0.2, 0) is 4.79 Å². The van der Waals surface area contributed by atoms with E-state index in [0.29, 0.717) is 24.4 Å². The lowest BCUT2D eigenvalue weighted by Crippen LogP contribution is -2.46. The van der Waals surface area contributed by atoms with E-state index in [4.69, 9.17) is 4.74 Å². The van der Waals surface area contributed by atoms with Gasteiger partial charge in [-0.2, -0.15) is 0 Å². The highest BCUT2D eigenvalue weighted by molar-refractivity contribution is 5.69. The third kappa shape index (κ3) is 3.74. The van der Waals surface area contributed by atoms with E-state index in [1.165, 1.54) is 6.92 Å². The molecule has 2 rings (SSSR count). The van der Waals surface area contributed by atoms with E-state index in [2.05, 4.69) is 5.32 Å². The van der Waals surface area contributed by atoms with Gasteiger partial charge in [0.05, 0.1) is 6.04 Å². The van der Waals surface area contributed by atoms with Crippen LogP contribution in [0.15, 0.2) is 24.3 Å². The summed E-state index contributed by atoms with van der Waals surface area (Å²) in [7, 11) is 0. The highest BCUT2D eigenvalue weighted by atomic mass is 19.3. The van der Waals surface area contributed by atoms with Gasteiger partial charge in [0, 0.05) is 33.1 Å². The highest BCUT2D eigenvalue weighted by Gasteiger charge is 2.29. The second-order valence-corrected chi connectivity index (χ2v) is 4.73. The van der Waals surface area contributed by atoms with Crippen LogP contribution in [-0.4, -0.2) is 43.5 Å². The number of carbonyl (C=O) groups excluding carboxylic acids is 1. The number of esters is 1. The Morgan fingerprint density at radius 3 is 2.35 bits per heavy atom. The number of carbonyl (C=O) groups is 1. The van der Waals surface area contributed by atoms with Gasteiger partial charge < -0.3 is 10.1 Å². The van der Waals surface area contributed by atoms with Crippen LogP contribution < -0.4 is 10.1 Å². The van der Waals surface area contributed by atoms with Gasteiger partial charge in [0.2, 0.25) is 0 Å². The number of hydrogen-bond donors (Lipinski definition) is 1. The van der Waals surface area contributed by atoms with Crippen molar-refractivity contribution >= 4 is 5.97 Å². The van der Waals surface area contributed by atoms with Crippen LogP contribution in [0.4, 0.5) is 8.78 Å². The van der Waals surface area contributed by atoms with E-state index >= 15 is 0 Å². The third-order valence-corrected chi connectivity index (χ3v) is 3.27. The van der Waals surface area contributed by atoms with Gasteiger partial charge in [-0.3, -0.25) is 9.69 Å². The highest BCUT2D eigenvalue weighted by Crippen LogP contribution is 2.29. The summed E-state index contributed by atoms with van der Waals surface area (Å²) in [6.07, 6.45) is -2.45. The van der Waals surface area contributed by atoms with Gasteiger partial charge >= 0.3 is 5.97 Å². The Bertz CT molecular complexity index is 445. The zero-order valence-electron chi connectivity index (χ0n) is 11.3. The Hall–Kier alpha value is -1.53. The summed E-state index contributed by atoms with van der Waals surface area (Å²) >= 11 is 0. The molecule has 4 nitrogen and oxygen atoms in total. The summed E-state index contributed by atoms with van der Waals surface area (Å²) in [5, 5.41) is 3.15. The summed E-state index contributed by atoms with van der Waals surface area (Å²) in [5.74, 6) is -0.0557. The Kier molecular flexibility index (Phi) is 5.03. The van der Waals surface area contributed by atoms with Crippen LogP contribution in [0.25, 0.3) is 0 Å². The molecule has 0 radical (unpaired) electrons. The fraction of sp³-hybridized carbons (Fsp3) is 0.500. The molecule has 1 aliphatic heterocycles. The molecule has 0 saturated carbocycles. The summed E-state index contributed by atoms with van der Waals surface area (Å²) in [4.78, 5) is 12.6. The number of benzene rings is 1. The molecule has 1 fully saturated rings. The monoisotopic (exact) mass is 284 g/mol. The van der Waals surface area contributed by atoms with E-state index < -0.39 is 18.4 Å². The molecule has 110 valence electrons. The molecule has 1 aliphatic rings. The average molecular weight is 284 g/mol. The second-order valence-electron chi connectivity index (χ2n) is 4.73. The number of alkyl halides is 2. The van der Waals surface area contributed by atoms with Gasteiger partial charge in [0.25, 0.3) is 6.43 Å². The van der Waals surface area contributed by atoms with Gasteiger partial charge in [-0.15, -0.1) is 0 Å². The number of piperazine rings is 1. The molecule has 0 amide bonds. The second kappa shape index (κ2) is 6.76. The van der Waals surface area contributed by atoms with Crippen LogP contribution in [0.3, 0.4) is 0 Å². The van der Waals surface area contributed by atoms with Crippen molar-refractivity contribution in [2.45, 2.75) is 19.4 Å². The number of ether oxygens (including phenoxy) is 1. The third-order valence-electron chi connectivity index (χ3n) is 3.27. The molecule has 1 saturated heterocycles. The lowest BCUT2D eigenvalue weighted by Gasteiger charge is -2.34. The minimum absolute atomic E-state index is 0.370. The summed E-state index contributed by atoms with van der Waals surface area (Å²) in [5.41, 5.74) is 0.540. The molecule has 0 aromatic heterocycles. The number of nitrogens with zero attached hydrogens (tertiary/aromatic N) is 1. The van der Waals surface area contributed by atoms with Crippen molar-refractivity contribution in [2.75, 3.05) is 26.2 Å². The Balaban J connectivity index is 2.14. The first kappa shape index (κ1) is 14.9. The first-order valence-electron chi connectivity index (χ1n) is 6.59. The van der Waals surface area contributed by atoms with E-state index in [-0.39, 0.29) is 0 Å². The minimum atomic E-state index is -2.45. The van der Waals surface area contributed by atoms with Crippen LogP contribution >= 0.6 is 0 Å². The molecule has 0 unspecified atom stereocenters. The maximum Gasteiger partial charge on any atom is 0.308 e. The van der Waals surface area contributed by atoms with Crippen molar-refractivity contribution in [2.24, 2.45) is 0 Å². The van der Waals surface area contributed by atoms with E-state index in [1.54, 1.807) is 29.2 Å². The SMILES string of the molecule is CC(=O)Oc1ccc([C@@H](C(F)F)N2CCNCC2)cc1. The molecule has 1 N–H and O–H groups in total. The van der Waals surface area contributed by atoms with Crippen molar-refractivity contribution in [3.05, 3.63) is 29.8 Å². The largest absolute Gasteiger partial charge is 0.427 e. The van der Waals surface area contributed by atoms with Crippen molar-refractivity contribution in [1.82, 2.24) is 10.2 Å². The van der Waals surface area contributed by atoms with E-state index in [9.17, 15) is 13.6 Å². The zero-order valence-corrected chi connectivity index (χ0v) is 11.3. The zero-order chi connectivity index (χ0) is 14.5. The molecular formula is C14H18F2N2O2. The number of halogens is 2. The molecule has 1 aromatic carbocycles. The van der Waals surface area contributed by atoms with E-state index in [1.807, 2.05) is 0 Å². The quantitative estimate of drug-likeness (QED) is 0.676. The smallest absolute Gasteiger partial charge is 0.308 e. The molecule has 0 aliphatic carbocycles. The molecular weight excluding hydrogens is 266 g/mol. The fourth-order valence-electron chi connectivity index (χ4n) is 2.37. The predicted octanol–water partition coefficient (Wildman–Crippen LogP) is 1.82. The predicted molar refractivity (Wildman–Crippen MR) is 70.9 cm³/mol. The summed E-state index contributed by atoms with van der Waals surface area (Å²) in [6, 6.07) is 5.38. The van der Waals surface area contributed by atoms with Gasteiger partial charge in [-0.25, -0.2) is 8.78 Å². The Morgan fingerprint density at radius 2 is 1.85 bits per heavy atom. The van der Waals surface area contributed by atoms with Crippen LogP contribution in [0.5, 0.6) is 5.75 Å². The standard InChI is InChI=1S/C14H18F2N2O2/c1-10(19)20-12-4-2-11(3-5-12)13(14(15)16)18-8-6-17-7-9-18/h2-5,13-14,17H,6-9H2,1H3/t13-/m0/s1. The summed E-state index contributed by atoms with van der Waals surface area (Å²) < 4.78 is 31.6. The van der Waals surface area contributed by atoms with Crippen molar-refractivity contribution < 1.29 is 18.3 Å². The number of hydrogen-bond acceptors (Lipinski definition) is 4. The lowest BCUT2D eigenvalue weighted by atomic mass is 10.0. The molecule has 1 heterocycles. The first-order valence-corrected chi connectivity index (χ1v) is 6.59. The number of nitrogens with one attached hydrogen (secondary N) is 1. The van der Waals surface area contributed by atoms with Crippen LogP contribution in [0.1, 0.15) is 18.5 Å². The number of rotatable bonds is 4. The van der Waals surface area contributed by atoms with E-state index in [0.717, 1.165) is 13.1 Å². The lowest BCUT2D eigenvalue weighted by molar-refractivity contribution is -0.131. The molecule has 1 atom stereocenters. The van der Waals surface area contributed by atoms with Crippen LogP contribution in [0, 0.1) is 0 Å². The van der Waals surface area contributed by atoms with Gasteiger partial charge in [0.1, 0.15) is 5.75 Å². The van der Waals surface area contributed by atoms with Crippen LogP contribution in [0.2, 0.25) is 0 Å². The maximum atomic E-state index is 13.3. The Labute approximate surface area is 116 Å². The van der Waals surface area contributed by atoms with Gasteiger partial charge in [-0.1, -0.05) is 12.1 Å². The van der Waals surface area contributed by atoms with Gasteiger partial charge in [-0.05, 0) is 17.7 Å².